The summed E-state index contributed by atoms with van der Waals surface area (Å²) >= 11 is 0. The Labute approximate surface area is 133 Å². The summed E-state index contributed by atoms with van der Waals surface area (Å²) < 4.78 is 0. The van der Waals surface area contributed by atoms with E-state index >= 15 is 0 Å². The first-order valence-electron chi connectivity index (χ1n) is 7.55. The Bertz CT molecular complexity index is 836. The minimum Gasteiger partial charge on any atom is -0.337 e. The topological polar surface area (TPSA) is 86.0 Å². The van der Waals surface area contributed by atoms with E-state index in [1.165, 1.54) is 11.8 Å². The van der Waals surface area contributed by atoms with Crippen molar-refractivity contribution in [2.45, 2.75) is 19.8 Å². The van der Waals surface area contributed by atoms with Crippen molar-refractivity contribution >= 4 is 5.91 Å². The van der Waals surface area contributed by atoms with Gasteiger partial charge in [0.2, 0.25) is 0 Å². The van der Waals surface area contributed by atoms with Crippen LogP contribution in [0.3, 0.4) is 0 Å². The molecule has 120 valence electrons. The molecule has 0 radical (unpaired) electrons. The van der Waals surface area contributed by atoms with Crippen molar-refractivity contribution in [2.24, 2.45) is 5.41 Å². The molecule has 1 aliphatic heterocycles. The summed E-state index contributed by atoms with van der Waals surface area (Å²) in [5, 5.41) is 0. The first-order chi connectivity index (χ1) is 10.9. The van der Waals surface area contributed by atoms with E-state index in [2.05, 4.69) is 35.9 Å². The highest BCUT2D eigenvalue weighted by atomic mass is 16.2. The van der Waals surface area contributed by atoms with Crippen LogP contribution < -0.4 is 11.2 Å². The molecule has 1 fully saturated rings. The number of amides is 1. The van der Waals surface area contributed by atoms with E-state index in [-0.39, 0.29) is 22.8 Å². The van der Waals surface area contributed by atoms with Gasteiger partial charge in [-0.1, -0.05) is 44.2 Å². The Balaban J connectivity index is 1.89. The van der Waals surface area contributed by atoms with Gasteiger partial charge in [0.05, 0.1) is 0 Å². The number of aromatic nitrogens is 2. The van der Waals surface area contributed by atoms with Gasteiger partial charge in [-0.25, -0.2) is 4.79 Å². The molecule has 1 atom stereocenters. The fraction of sp³-hybridized carbons (Fsp3) is 0.353. The average Bonchev–Trinajstić information content (AvgIpc) is 2.83. The molecule has 0 unspecified atom stereocenters. The summed E-state index contributed by atoms with van der Waals surface area (Å²) in [6.45, 7) is 5.35. The zero-order chi connectivity index (χ0) is 16.6. The van der Waals surface area contributed by atoms with Crippen molar-refractivity contribution in [2.75, 3.05) is 13.1 Å². The minimum atomic E-state index is -0.653. The second kappa shape index (κ2) is 5.53. The minimum absolute atomic E-state index is 0.0332. The molecule has 1 aromatic carbocycles. The normalized spacial score (nSPS) is 19.7. The molecule has 3 rings (SSSR count). The molecule has 1 aromatic heterocycles. The van der Waals surface area contributed by atoms with Gasteiger partial charge in [0.1, 0.15) is 5.56 Å². The van der Waals surface area contributed by atoms with Crippen LogP contribution in [-0.2, 0) is 0 Å². The van der Waals surface area contributed by atoms with Crippen molar-refractivity contribution in [1.82, 2.24) is 14.9 Å². The van der Waals surface area contributed by atoms with Gasteiger partial charge in [0.25, 0.3) is 11.5 Å². The van der Waals surface area contributed by atoms with Crippen LogP contribution in [0, 0.1) is 5.41 Å². The molecule has 2 aromatic rings. The summed E-state index contributed by atoms with van der Waals surface area (Å²) in [5.74, 6) is -0.150. The number of hydrogen-bond donors (Lipinski definition) is 2. The fourth-order valence-corrected chi connectivity index (χ4v) is 3.27. The molecule has 6 nitrogen and oxygen atoms in total. The molecule has 1 aliphatic rings. The smallest absolute Gasteiger partial charge is 0.325 e. The quantitative estimate of drug-likeness (QED) is 0.877. The van der Waals surface area contributed by atoms with Gasteiger partial charge in [0.15, 0.2) is 0 Å². The molecule has 2 N–H and O–H groups in total. The zero-order valence-electron chi connectivity index (χ0n) is 13.1. The number of H-pyrrole nitrogens is 2. The Kier molecular flexibility index (Phi) is 3.67. The van der Waals surface area contributed by atoms with Crippen molar-refractivity contribution in [3.8, 4) is 0 Å². The first-order valence-corrected chi connectivity index (χ1v) is 7.55. The monoisotopic (exact) mass is 313 g/mol. The maximum absolute atomic E-state index is 12.6. The van der Waals surface area contributed by atoms with Gasteiger partial charge < -0.3 is 9.88 Å². The van der Waals surface area contributed by atoms with Gasteiger partial charge in [0, 0.05) is 25.2 Å². The number of carbonyl (C=O) groups excluding carboxylic acids is 1. The molecule has 23 heavy (non-hydrogen) atoms. The van der Waals surface area contributed by atoms with E-state index in [1.54, 1.807) is 4.90 Å². The highest BCUT2D eigenvalue weighted by Crippen LogP contribution is 2.42. The molecule has 0 bridgehead atoms. The standard InChI is InChI=1S/C17H19N3O3/c1-17(2)10-20(9-13(17)11-6-4-3-5-7-11)15(22)12-8-18-16(23)19-14(12)21/h3-8,13H,9-10H2,1-2H3,(H2,18,19,21,23)/t13-/m0/s1. The highest BCUT2D eigenvalue weighted by Gasteiger charge is 2.42. The lowest BCUT2D eigenvalue weighted by atomic mass is 9.78. The van der Waals surface area contributed by atoms with Gasteiger partial charge in [-0.05, 0) is 11.0 Å². The summed E-state index contributed by atoms with van der Waals surface area (Å²) in [6.07, 6.45) is 1.19. The lowest BCUT2D eigenvalue weighted by Crippen LogP contribution is -2.36. The lowest BCUT2D eigenvalue weighted by Gasteiger charge is -2.25. The molecule has 0 saturated carbocycles. The third-order valence-corrected chi connectivity index (χ3v) is 4.48. The number of carbonyl (C=O) groups is 1. The van der Waals surface area contributed by atoms with Crippen molar-refractivity contribution in [3.63, 3.8) is 0 Å². The highest BCUT2D eigenvalue weighted by molar-refractivity contribution is 5.93. The van der Waals surface area contributed by atoms with E-state index in [9.17, 15) is 14.4 Å². The summed E-state index contributed by atoms with van der Waals surface area (Å²) in [7, 11) is 0. The van der Waals surface area contributed by atoms with Gasteiger partial charge in [-0.15, -0.1) is 0 Å². The van der Waals surface area contributed by atoms with Crippen LogP contribution in [0.25, 0.3) is 0 Å². The molecule has 0 aliphatic carbocycles. The van der Waals surface area contributed by atoms with Crippen molar-refractivity contribution in [1.29, 1.82) is 0 Å². The Morgan fingerprint density at radius 2 is 1.91 bits per heavy atom. The van der Waals surface area contributed by atoms with E-state index in [0.29, 0.717) is 13.1 Å². The van der Waals surface area contributed by atoms with Crippen LogP contribution in [0.2, 0.25) is 0 Å². The molecular weight excluding hydrogens is 294 g/mol. The summed E-state index contributed by atoms with van der Waals surface area (Å²) in [5.41, 5.74) is -0.209. The number of nitrogens with zero attached hydrogens (tertiary/aromatic N) is 1. The lowest BCUT2D eigenvalue weighted by molar-refractivity contribution is 0.0775. The van der Waals surface area contributed by atoms with Crippen molar-refractivity contribution in [3.05, 3.63) is 68.5 Å². The van der Waals surface area contributed by atoms with Crippen LogP contribution in [0.15, 0.2) is 46.1 Å². The third-order valence-electron chi connectivity index (χ3n) is 4.48. The van der Waals surface area contributed by atoms with Gasteiger partial charge >= 0.3 is 5.69 Å². The van der Waals surface area contributed by atoms with Gasteiger partial charge in [-0.3, -0.25) is 14.6 Å². The zero-order valence-corrected chi connectivity index (χ0v) is 13.1. The number of aromatic amines is 2. The predicted molar refractivity (Wildman–Crippen MR) is 86.6 cm³/mol. The number of nitrogens with one attached hydrogen (secondary N) is 2. The third kappa shape index (κ3) is 2.84. The number of likely N-dealkylation sites (tertiary alicyclic amines) is 1. The van der Waals surface area contributed by atoms with E-state index in [1.807, 2.05) is 18.2 Å². The van der Waals surface area contributed by atoms with Crippen LogP contribution in [-0.4, -0.2) is 33.9 Å². The Hall–Kier alpha value is -2.63. The summed E-state index contributed by atoms with van der Waals surface area (Å²) in [4.78, 5) is 41.7. The van der Waals surface area contributed by atoms with E-state index < -0.39 is 11.2 Å². The van der Waals surface area contributed by atoms with Crippen molar-refractivity contribution < 1.29 is 4.79 Å². The van der Waals surface area contributed by atoms with Crippen LogP contribution in [0.1, 0.15) is 35.7 Å². The number of benzene rings is 1. The average molecular weight is 313 g/mol. The Morgan fingerprint density at radius 3 is 2.57 bits per heavy atom. The number of rotatable bonds is 2. The van der Waals surface area contributed by atoms with Crippen LogP contribution >= 0.6 is 0 Å². The maximum Gasteiger partial charge on any atom is 0.325 e. The molecule has 1 saturated heterocycles. The van der Waals surface area contributed by atoms with Crippen LogP contribution in [0.5, 0.6) is 0 Å². The molecule has 1 amide bonds. The van der Waals surface area contributed by atoms with E-state index in [0.717, 1.165) is 0 Å². The Morgan fingerprint density at radius 1 is 1.22 bits per heavy atom. The first kappa shape index (κ1) is 15.3. The van der Waals surface area contributed by atoms with E-state index in [4.69, 9.17) is 0 Å². The maximum atomic E-state index is 12.6. The largest absolute Gasteiger partial charge is 0.337 e. The molecule has 2 heterocycles. The molecular formula is C17H19N3O3. The fourth-order valence-electron chi connectivity index (χ4n) is 3.27. The summed E-state index contributed by atoms with van der Waals surface area (Å²) in [6, 6.07) is 10.1. The molecule has 6 heteroatoms. The number of hydrogen-bond acceptors (Lipinski definition) is 3. The second-order valence-corrected chi connectivity index (χ2v) is 6.62. The SMILES string of the molecule is CC1(C)CN(C(=O)c2c[nH]c(=O)[nH]c2=O)C[C@H]1c1ccccc1. The van der Waals surface area contributed by atoms with Gasteiger partial charge in [-0.2, -0.15) is 0 Å². The van der Waals surface area contributed by atoms with Crippen LogP contribution in [0.4, 0.5) is 0 Å². The predicted octanol–water partition coefficient (Wildman–Crippen LogP) is 1.33. The second-order valence-electron chi connectivity index (χ2n) is 6.62. The molecule has 0 spiro atoms.